The lowest BCUT2D eigenvalue weighted by Crippen LogP contribution is -2.59. The van der Waals surface area contributed by atoms with Crippen LogP contribution < -0.4 is 10.6 Å². The monoisotopic (exact) mass is 409 g/mol. The summed E-state index contributed by atoms with van der Waals surface area (Å²) in [6, 6.07) is -1.37. The van der Waals surface area contributed by atoms with Gasteiger partial charge in [-0.3, -0.25) is 14.4 Å². The first-order valence-electron chi connectivity index (χ1n) is 10.9. The highest BCUT2D eigenvalue weighted by molar-refractivity contribution is 5.99. The van der Waals surface area contributed by atoms with Gasteiger partial charge in [-0.15, -0.1) is 0 Å². The van der Waals surface area contributed by atoms with Gasteiger partial charge in [0, 0.05) is 13.1 Å². The number of hydrogen-bond donors (Lipinski definition) is 3. The van der Waals surface area contributed by atoms with E-state index in [9.17, 15) is 19.5 Å². The van der Waals surface area contributed by atoms with E-state index in [1.807, 2.05) is 20.8 Å². The molecule has 2 bridgehead atoms. The average molecular weight is 410 g/mol. The van der Waals surface area contributed by atoms with Crippen LogP contribution in [0.25, 0.3) is 0 Å². The minimum Gasteiger partial charge on any atom is -0.394 e. The van der Waals surface area contributed by atoms with Gasteiger partial charge in [-0.25, -0.2) is 0 Å². The minimum atomic E-state index is -1.00. The van der Waals surface area contributed by atoms with Crippen molar-refractivity contribution in [2.75, 3.05) is 13.7 Å². The van der Waals surface area contributed by atoms with Crippen LogP contribution in [0.1, 0.15) is 53.4 Å². The van der Waals surface area contributed by atoms with Crippen LogP contribution in [0.5, 0.6) is 0 Å². The zero-order chi connectivity index (χ0) is 21.5. The first-order chi connectivity index (χ1) is 13.7. The van der Waals surface area contributed by atoms with Crippen LogP contribution in [0, 0.1) is 17.8 Å². The molecule has 8 nitrogen and oxygen atoms in total. The standard InChI is InChI=1S/C21H35N3O5/c1-6-7-12(4)23-19(27)17-21-9-8-14(29-21)15(18(26)22-5)16(21)20(28)24(17)13(10-25)11(2)3/h11-17,25H,6-10H2,1-5H3,(H,22,26)(H,23,27)/t12?,13-,14-,15+,16-,17?,21?/m0/s1. The zero-order valence-corrected chi connectivity index (χ0v) is 18.1. The predicted molar refractivity (Wildman–Crippen MR) is 107 cm³/mol. The van der Waals surface area contributed by atoms with Gasteiger partial charge in [-0.05, 0) is 32.1 Å². The third kappa shape index (κ3) is 3.34. The number of amides is 3. The number of likely N-dealkylation sites (tertiary alicyclic amines) is 1. The molecule has 164 valence electrons. The van der Waals surface area contributed by atoms with E-state index in [1.165, 1.54) is 4.90 Å². The Morgan fingerprint density at radius 1 is 1.31 bits per heavy atom. The maximum atomic E-state index is 13.6. The summed E-state index contributed by atoms with van der Waals surface area (Å²) in [4.78, 5) is 41.2. The average Bonchev–Trinajstić information content (AvgIpc) is 3.29. The lowest BCUT2D eigenvalue weighted by molar-refractivity contribution is -0.147. The Balaban J connectivity index is 2.03. The number of rotatable bonds is 8. The number of hydrogen-bond acceptors (Lipinski definition) is 5. The number of aliphatic hydroxyl groups excluding tert-OH is 1. The van der Waals surface area contributed by atoms with Crippen molar-refractivity contribution in [3.05, 3.63) is 0 Å². The smallest absolute Gasteiger partial charge is 0.246 e. The number of fused-ring (bicyclic) bond motifs is 1. The topological polar surface area (TPSA) is 108 Å². The summed E-state index contributed by atoms with van der Waals surface area (Å²) < 4.78 is 6.30. The molecule has 3 heterocycles. The Labute approximate surface area is 172 Å². The van der Waals surface area contributed by atoms with E-state index < -0.39 is 29.5 Å². The van der Waals surface area contributed by atoms with E-state index in [0.717, 1.165) is 12.8 Å². The summed E-state index contributed by atoms with van der Waals surface area (Å²) in [6.07, 6.45) is 2.64. The van der Waals surface area contributed by atoms with Crippen molar-refractivity contribution in [1.82, 2.24) is 15.5 Å². The first-order valence-corrected chi connectivity index (χ1v) is 10.9. The van der Waals surface area contributed by atoms with Crippen LogP contribution in [0.2, 0.25) is 0 Å². The number of carbonyl (C=O) groups excluding carboxylic acids is 3. The van der Waals surface area contributed by atoms with Crippen LogP contribution in [0.3, 0.4) is 0 Å². The summed E-state index contributed by atoms with van der Waals surface area (Å²) in [5.74, 6) is -2.05. The highest BCUT2D eigenvalue weighted by Gasteiger charge is 2.75. The first kappa shape index (κ1) is 22.0. The second-order valence-corrected chi connectivity index (χ2v) is 9.11. The number of nitrogens with one attached hydrogen (secondary N) is 2. The van der Waals surface area contributed by atoms with Gasteiger partial charge in [-0.1, -0.05) is 27.2 Å². The number of carbonyl (C=O) groups is 3. The Hall–Kier alpha value is -1.67. The molecule has 3 amide bonds. The molecule has 1 spiro atoms. The molecule has 0 aromatic heterocycles. The fourth-order valence-electron chi connectivity index (χ4n) is 5.66. The Bertz CT molecular complexity index is 669. The molecule has 3 saturated heterocycles. The molecule has 3 fully saturated rings. The third-order valence-electron chi connectivity index (χ3n) is 6.96. The van der Waals surface area contributed by atoms with Gasteiger partial charge in [-0.2, -0.15) is 0 Å². The van der Waals surface area contributed by atoms with E-state index in [1.54, 1.807) is 7.05 Å². The second-order valence-electron chi connectivity index (χ2n) is 9.11. The maximum absolute atomic E-state index is 13.6. The van der Waals surface area contributed by atoms with Gasteiger partial charge in [0.1, 0.15) is 11.6 Å². The number of ether oxygens (including phenoxy) is 1. The normalized spacial score (nSPS) is 35.0. The van der Waals surface area contributed by atoms with Gasteiger partial charge in [0.15, 0.2) is 0 Å². The van der Waals surface area contributed by atoms with Crippen LogP contribution in [-0.4, -0.2) is 71.2 Å². The zero-order valence-electron chi connectivity index (χ0n) is 18.1. The molecular weight excluding hydrogens is 374 g/mol. The van der Waals surface area contributed by atoms with Gasteiger partial charge >= 0.3 is 0 Å². The summed E-state index contributed by atoms with van der Waals surface area (Å²) in [5, 5.41) is 15.7. The molecule has 29 heavy (non-hydrogen) atoms. The molecule has 0 aliphatic carbocycles. The second kappa shape index (κ2) is 8.22. The van der Waals surface area contributed by atoms with Crippen LogP contribution in [-0.2, 0) is 19.1 Å². The predicted octanol–water partition coefficient (Wildman–Crippen LogP) is 0.429. The number of aliphatic hydroxyl groups is 1. The lowest BCUT2D eigenvalue weighted by Gasteiger charge is -2.38. The fourth-order valence-corrected chi connectivity index (χ4v) is 5.66. The molecule has 3 rings (SSSR count). The molecule has 3 unspecified atom stereocenters. The Kier molecular flexibility index (Phi) is 6.24. The Morgan fingerprint density at radius 3 is 2.55 bits per heavy atom. The molecule has 0 radical (unpaired) electrons. The molecule has 0 saturated carbocycles. The summed E-state index contributed by atoms with van der Waals surface area (Å²) >= 11 is 0. The summed E-state index contributed by atoms with van der Waals surface area (Å²) in [6.45, 7) is 7.60. The van der Waals surface area contributed by atoms with Crippen molar-refractivity contribution in [2.24, 2.45) is 17.8 Å². The highest BCUT2D eigenvalue weighted by atomic mass is 16.5. The SMILES string of the molecule is CCCC(C)NC(=O)C1N([C@@H](CO)C(C)C)C(=O)[C@@H]2[C@H](C(=O)NC)[C@@H]3CCC12O3. The molecule has 0 aromatic carbocycles. The molecule has 8 heteroatoms. The Morgan fingerprint density at radius 2 is 2.00 bits per heavy atom. The van der Waals surface area contributed by atoms with Gasteiger partial charge in [0.05, 0.1) is 30.6 Å². The van der Waals surface area contributed by atoms with Gasteiger partial charge < -0.3 is 25.4 Å². The third-order valence-corrected chi connectivity index (χ3v) is 6.96. The number of nitrogens with zero attached hydrogens (tertiary/aromatic N) is 1. The van der Waals surface area contributed by atoms with Crippen molar-refractivity contribution in [3.8, 4) is 0 Å². The van der Waals surface area contributed by atoms with Crippen LogP contribution in [0.15, 0.2) is 0 Å². The molecule has 0 aromatic rings. The minimum absolute atomic E-state index is 0.0279. The van der Waals surface area contributed by atoms with E-state index >= 15 is 0 Å². The molecule has 3 N–H and O–H groups in total. The molecule has 3 aliphatic rings. The lowest BCUT2D eigenvalue weighted by atomic mass is 9.70. The summed E-state index contributed by atoms with van der Waals surface area (Å²) in [5.41, 5.74) is -1.00. The highest BCUT2D eigenvalue weighted by Crippen LogP contribution is 2.58. The quantitative estimate of drug-likeness (QED) is 0.539. The van der Waals surface area contributed by atoms with Crippen molar-refractivity contribution < 1.29 is 24.2 Å². The fraction of sp³-hybridized carbons (Fsp3) is 0.857. The van der Waals surface area contributed by atoms with Crippen molar-refractivity contribution in [1.29, 1.82) is 0 Å². The van der Waals surface area contributed by atoms with Crippen LogP contribution >= 0.6 is 0 Å². The maximum Gasteiger partial charge on any atom is 0.246 e. The van der Waals surface area contributed by atoms with E-state index in [4.69, 9.17) is 4.74 Å². The van der Waals surface area contributed by atoms with E-state index in [-0.39, 0.29) is 42.4 Å². The van der Waals surface area contributed by atoms with Crippen molar-refractivity contribution in [2.45, 2.75) is 83.2 Å². The molecule has 7 atom stereocenters. The van der Waals surface area contributed by atoms with Crippen molar-refractivity contribution in [3.63, 3.8) is 0 Å². The van der Waals surface area contributed by atoms with Gasteiger partial charge in [0.2, 0.25) is 17.7 Å². The largest absolute Gasteiger partial charge is 0.394 e. The molecular formula is C21H35N3O5. The van der Waals surface area contributed by atoms with Crippen molar-refractivity contribution >= 4 is 17.7 Å². The van der Waals surface area contributed by atoms with E-state index in [0.29, 0.717) is 12.8 Å². The van der Waals surface area contributed by atoms with Gasteiger partial charge in [0.25, 0.3) is 0 Å². The van der Waals surface area contributed by atoms with Crippen LogP contribution in [0.4, 0.5) is 0 Å². The van der Waals surface area contributed by atoms with E-state index in [2.05, 4.69) is 17.6 Å². The summed E-state index contributed by atoms with van der Waals surface area (Å²) in [7, 11) is 1.56. The molecule has 3 aliphatic heterocycles.